The van der Waals surface area contributed by atoms with E-state index in [1.807, 2.05) is 7.05 Å². The highest BCUT2D eigenvalue weighted by molar-refractivity contribution is 7.43. The lowest BCUT2D eigenvalue weighted by atomic mass is 11.6. The maximum absolute atomic E-state index is 2.58. The van der Waals surface area contributed by atoms with Gasteiger partial charge in [-0.25, -0.2) is 0 Å². The number of hydrogen-bond acceptors (Lipinski definition) is 1. The summed E-state index contributed by atoms with van der Waals surface area (Å²) in [6.45, 7) is 2.13. The smallest absolute Gasteiger partial charge is 0.00613 e. The Kier molecular flexibility index (Phi) is 3.52. The Morgan fingerprint density at radius 2 is 2.00 bits per heavy atom. The van der Waals surface area contributed by atoms with E-state index in [9.17, 15) is 0 Å². The summed E-state index contributed by atoms with van der Waals surface area (Å²) in [7, 11) is 5.52. The van der Waals surface area contributed by atoms with E-state index >= 15 is 0 Å². The number of nitrogens with zero attached hydrogens (tertiary/aromatic N) is 1. The van der Waals surface area contributed by atoms with Crippen LogP contribution in [0.5, 0.6) is 0 Å². The first kappa shape index (κ1) is 5.82. The van der Waals surface area contributed by atoms with E-state index in [0.717, 1.165) is 8.73 Å². The highest BCUT2D eigenvalue weighted by Gasteiger charge is 1.71. The van der Waals surface area contributed by atoms with Crippen molar-refractivity contribution >= 4 is 18.1 Å². The standard InChI is InChI=1S/C2H9NP2/c1-3(4)5-2/h5H,4H2,1-2H3. The third kappa shape index (κ3) is 4.82. The van der Waals surface area contributed by atoms with Gasteiger partial charge in [0.25, 0.3) is 0 Å². The molecule has 0 aliphatic rings. The molecule has 0 N–H and O–H groups in total. The lowest BCUT2D eigenvalue weighted by Crippen LogP contribution is -1.81. The number of rotatable bonds is 1. The highest BCUT2D eigenvalue weighted by Crippen LogP contribution is 2.12. The minimum Gasteiger partial charge on any atom is -0.272 e. The van der Waals surface area contributed by atoms with E-state index in [0.29, 0.717) is 0 Å². The van der Waals surface area contributed by atoms with Gasteiger partial charge in [-0.15, -0.1) is 0 Å². The topological polar surface area (TPSA) is 3.24 Å². The van der Waals surface area contributed by atoms with Gasteiger partial charge in [0.05, 0.1) is 0 Å². The molecular weight excluding hydrogens is 100.0 g/mol. The molecule has 0 fully saturated rings. The van der Waals surface area contributed by atoms with Crippen LogP contribution < -0.4 is 0 Å². The Bertz CT molecular complexity index is 21.6. The summed E-state index contributed by atoms with van der Waals surface area (Å²) in [6, 6.07) is 0. The van der Waals surface area contributed by atoms with Crippen molar-refractivity contribution < 1.29 is 0 Å². The summed E-state index contributed by atoms with van der Waals surface area (Å²) < 4.78 is 2.07. The van der Waals surface area contributed by atoms with Crippen LogP contribution in [0.3, 0.4) is 0 Å². The summed E-state index contributed by atoms with van der Waals surface area (Å²) in [5, 5.41) is 0. The largest absolute Gasteiger partial charge is 0.272 e. The van der Waals surface area contributed by atoms with Gasteiger partial charge in [0.2, 0.25) is 0 Å². The van der Waals surface area contributed by atoms with Crippen LogP contribution >= 0.6 is 18.1 Å². The van der Waals surface area contributed by atoms with Crippen LogP contribution in [0.4, 0.5) is 0 Å². The van der Waals surface area contributed by atoms with Crippen LogP contribution in [0.1, 0.15) is 0 Å². The van der Waals surface area contributed by atoms with E-state index in [1.165, 1.54) is 0 Å². The molecule has 2 atom stereocenters. The quantitative estimate of drug-likeness (QED) is 0.453. The highest BCUT2D eigenvalue weighted by atomic mass is 31.1. The molecule has 0 aliphatic carbocycles. The van der Waals surface area contributed by atoms with Crippen molar-refractivity contribution in [2.75, 3.05) is 13.7 Å². The van der Waals surface area contributed by atoms with Crippen molar-refractivity contribution in [1.82, 2.24) is 4.44 Å². The molecule has 0 rings (SSSR count). The van der Waals surface area contributed by atoms with Crippen molar-refractivity contribution in [3.8, 4) is 0 Å². The van der Waals surface area contributed by atoms with Gasteiger partial charge < -0.3 is 0 Å². The van der Waals surface area contributed by atoms with Crippen molar-refractivity contribution in [3.05, 3.63) is 0 Å². The van der Waals surface area contributed by atoms with Crippen molar-refractivity contribution in [1.29, 1.82) is 0 Å². The van der Waals surface area contributed by atoms with Gasteiger partial charge in [-0.2, -0.15) is 0 Å². The molecule has 0 radical (unpaired) electrons. The van der Waals surface area contributed by atoms with Crippen LogP contribution in [0.25, 0.3) is 0 Å². The maximum atomic E-state index is 2.58. The maximum Gasteiger partial charge on any atom is -0.00613 e. The molecule has 0 bridgehead atoms. The molecule has 5 heavy (non-hydrogen) atoms. The Balaban J connectivity index is 2.54. The van der Waals surface area contributed by atoms with Gasteiger partial charge in [0.15, 0.2) is 0 Å². The monoisotopic (exact) mass is 109 g/mol. The molecule has 0 spiro atoms. The summed E-state index contributed by atoms with van der Waals surface area (Å²) in [5.41, 5.74) is 0. The lowest BCUT2D eigenvalue weighted by molar-refractivity contribution is 0.937. The summed E-state index contributed by atoms with van der Waals surface area (Å²) in [6.07, 6.45) is 0. The fourth-order valence-electron chi connectivity index (χ4n) is 0. The zero-order valence-corrected chi connectivity index (χ0v) is 5.68. The molecular formula is C2H9NP2. The van der Waals surface area contributed by atoms with Crippen LogP contribution in [-0.4, -0.2) is 18.2 Å². The molecule has 0 heterocycles. The molecule has 0 saturated heterocycles. The predicted octanol–water partition coefficient (Wildman–Crippen LogP) is 0.932. The second-order valence-electron chi connectivity index (χ2n) is 0.835. The second-order valence-corrected chi connectivity index (χ2v) is 3.28. The van der Waals surface area contributed by atoms with Gasteiger partial charge in [-0.3, -0.25) is 4.44 Å². The van der Waals surface area contributed by atoms with Crippen LogP contribution in [0.15, 0.2) is 0 Å². The van der Waals surface area contributed by atoms with E-state index in [4.69, 9.17) is 0 Å². The summed E-state index contributed by atoms with van der Waals surface area (Å²) in [5.74, 6) is 0. The summed E-state index contributed by atoms with van der Waals surface area (Å²) >= 11 is 0. The van der Waals surface area contributed by atoms with Crippen LogP contribution in [-0.2, 0) is 0 Å². The van der Waals surface area contributed by atoms with Gasteiger partial charge in [-0.1, -0.05) is 18.1 Å². The molecule has 0 saturated carbocycles. The Morgan fingerprint density at radius 3 is 2.00 bits per heavy atom. The molecule has 0 amide bonds. The molecule has 0 aromatic heterocycles. The van der Waals surface area contributed by atoms with Crippen LogP contribution in [0, 0.1) is 0 Å². The Morgan fingerprint density at radius 1 is 1.80 bits per heavy atom. The lowest BCUT2D eigenvalue weighted by Gasteiger charge is -1.99. The van der Waals surface area contributed by atoms with E-state index in [1.54, 1.807) is 0 Å². The van der Waals surface area contributed by atoms with Gasteiger partial charge in [0, 0.05) is 0 Å². The molecule has 0 aromatic rings. The third-order valence-electron chi connectivity index (χ3n) is 0.353. The zero-order valence-electron chi connectivity index (χ0n) is 3.52. The average molecular weight is 109 g/mol. The first-order valence-corrected chi connectivity index (χ1v) is 3.39. The Labute approximate surface area is 37.2 Å². The first-order valence-electron chi connectivity index (χ1n) is 1.43. The first-order chi connectivity index (χ1) is 2.27. The second kappa shape index (κ2) is 3.03. The normalized spacial score (nSPS) is 12.0. The predicted molar refractivity (Wildman–Crippen MR) is 31.7 cm³/mol. The van der Waals surface area contributed by atoms with Crippen molar-refractivity contribution in [2.24, 2.45) is 0 Å². The third-order valence-corrected chi connectivity index (χ3v) is 1.83. The molecule has 1 nitrogen and oxygen atoms in total. The van der Waals surface area contributed by atoms with Gasteiger partial charge >= 0.3 is 0 Å². The van der Waals surface area contributed by atoms with Crippen molar-refractivity contribution in [3.63, 3.8) is 0 Å². The van der Waals surface area contributed by atoms with E-state index in [-0.39, 0.29) is 0 Å². The van der Waals surface area contributed by atoms with E-state index < -0.39 is 0 Å². The fraction of sp³-hybridized carbons (Fsp3) is 1.00. The molecule has 0 aliphatic heterocycles. The molecule has 3 heteroatoms. The Hall–Kier alpha value is 0.820. The van der Waals surface area contributed by atoms with E-state index in [2.05, 4.69) is 20.5 Å². The minimum atomic E-state index is 0.910. The van der Waals surface area contributed by atoms with Gasteiger partial charge in [-0.05, 0) is 13.7 Å². The fourth-order valence-corrected chi connectivity index (χ4v) is 0. The van der Waals surface area contributed by atoms with Gasteiger partial charge in [0.1, 0.15) is 0 Å². The average Bonchev–Trinajstić information content (AvgIpc) is 1.38. The van der Waals surface area contributed by atoms with Crippen molar-refractivity contribution in [2.45, 2.75) is 0 Å². The molecule has 2 unspecified atom stereocenters. The zero-order chi connectivity index (χ0) is 4.28. The van der Waals surface area contributed by atoms with Crippen LogP contribution in [0.2, 0.25) is 0 Å². The minimum absolute atomic E-state index is 0.910. The number of hydrogen-bond donors (Lipinski definition) is 0. The summed E-state index contributed by atoms with van der Waals surface area (Å²) in [4.78, 5) is 0. The molecule has 0 aromatic carbocycles. The SMILES string of the molecule is CPN(C)P. The molecule has 32 valence electrons.